The average Bonchev–Trinajstić information content (AvgIpc) is 2.37. The van der Waals surface area contributed by atoms with Crippen LogP contribution in [0.4, 0.5) is 0 Å². The van der Waals surface area contributed by atoms with Crippen molar-refractivity contribution in [1.29, 1.82) is 0 Å². The summed E-state index contributed by atoms with van der Waals surface area (Å²) in [7, 11) is -3.33. The number of rotatable bonds is 4. The number of hydrogen-bond donors (Lipinski definition) is 1. The molecule has 1 aromatic rings. The van der Waals surface area contributed by atoms with Gasteiger partial charge in [-0.3, -0.25) is 0 Å². The molecule has 0 radical (unpaired) electrons. The zero-order valence-electron chi connectivity index (χ0n) is 12.5. The Hall–Kier alpha value is -0.980. The third-order valence-electron chi connectivity index (χ3n) is 3.99. The van der Waals surface area contributed by atoms with Gasteiger partial charge in [0.05, 0.1) is 5.75 Å². The van der Waals surface area contributed by atoms with Gasteiger partial charge >= 0.3 is 0 Å². The lowest BCUT2D eigenvalue weighted by Crippen LogP contribution is -2.47. The maximum atomic E-state index is 12.7. The lowest BCUT2D eigenvalue weighted by Gasteiger charge is -2.37. The summed E-state index contributed by atoms with van der Waals surface area (Å²) >= 11 is 4.94. The van der Waals surface area contributed by atoms with Crippen molar-refractivity contribution in [3.63, 3.8) is 0 Å². The van der Waals surface area contributed by atoms with E-state index in [1.165, 1.54) is 0 Å². The molecule has 4 nitrogen and oxygen atoms in total. The summed E-state index contributed by atoms with van der Waals surface area (Å²) in [6.07, 6.45) is 2.94. The second-order valence-electron chi connectivity index (χ2n) is 5.78. The monoisotopic (exact) mass is 326 g/mol. The highest BCUT2D eigenvalue weighted by molar-refractivity contribution is 7.88. The molecule has 1 aliphatic rings. The largest absolute Gasteiger partial charge is 0.389 e. The van der Waals surface area contributed by atoms with Crippen molar-refractivity contribution in [2.45, 2.75) is 50.9 Å². The Morgan fingerprint density at radius 1 is 1.33 bits per heavy atom. The first-order valence-electron chi connectivity index (χ1n) is 7.21. The Morgan fingerprint density at radius 3 is 2.52 bits per heavy atom. The van der Waals surface area contributed by atoms with Gasteiger partial charge in [-0.2, -0.15) is 4.31 Å². The summed E-state index contributed by atoms with van der Waals surface area (Å²) in [6, 6.07) is 7.29. The summed E-state index contributed by atoms with van der Waals surface area (Å²) in [4.78, 5) is 0.286. The van der Waals surface area contributed by atoms with E-state index in [2.05, 4.69) is 0 Å². The van der Waals surface area contributed by atoms with Crippen molar-refractivity contribution in [3.05, 3.63) is 35.4 Å². The lowest BCUT2D eigenvalue weighted by molar-refractivity contribution is 0.204. The molecule has 0 amide bonds. The van der Waals surface area contributed by atoms with Crippen LogP contribution in [0.15, 0.2) is 24.3 Å². The van der Waals surface area contributed by atoms with Crippen LogP contribution in [0.2, 0.25) is 0 Å². The fourth-order valence-electron chi connectivity index (χ4n) is 3.05. The molecule has 0 bridgehead atoms. The topological polar surface area (TPSA) is 63.4 Å². The van der Waals surface area contributed by atoms with E-state index >= 15 is 0 Å². The van der Waals surface area contributed by atoms with E-state index in [1.54, 1.807) is 28.6 Å². The molecule has 0 aromatic heterocycles. The molecule has 2 atom stereocenters. The van der Waals surface area contributed by atoms with Crippen LogP contribution in [0.1, 0.15) is 44.2 Å². The minimum Gasteiger partial charge on any atom is -0.389 e. The number of sulfonamides is 1. The Labute approximate surface area is 132 Å². The molecule has 1 aliphatic heterocycles. The summed E-state index contributed by atoms with van der Waals surface area (Å²) in [5.74, 6) is -0.00185. The standard InChI is InChI=1S/C15H22N2O2S2/c1-11-5-3-6-12(2)17(11)21(18,19)10-13-7-4-8-14(9-13)15(16)20/h4,7-9,11-12H,3,5-6,10H2,1-2H3,(H2,16,20)/t11-,12+. The van der Waals surface area contributed by atoms with E-state index in [0.29, 0.717) is 5.56 Å². The molecule has 116 valence electrons. The number of benzene rings is 1. The van der Waals surface area contributed by atoms with E-state index in [9.17, 15) is 8.42 Å². The molecule has 2 N–H and O–H groups in total. The molecule has 1 aromatic carbocycles. The molecule has 1 heterocycles. The third kappa shape index (κ3) is 3.81. The van der Waals surface area contributed by atoms with Crippen molar-refractivity contribution < 1.29 is 8.42 Å². The van der Waals surface area contributed by atoms with Gasteiger partial charge in [-0.15, -0.1) is 0 Å². The Balaban J connectivity index is 2.24. The van der Waals surface area contributed by atoms with Crippen molar-refractivity contribution in [1.82, 2.24) is 4.31 Å². The van der Waals surface area contributed by atoms with Crippen LogP contribution >= 0.6 is 12.2 Å². The molecular weight excluding hydrogens is 304 g/mol. The minimum absolute atomic E-state index is 0.00185. The van der Waals surface area contributed by atoms with E-state index < -0.39 is 10.0 Å². The maximum Gasteiger partial charge on any atom is 0.218 e. The molecule has 2 rings (SSSR count). The van der Waals surface area contributed by atoms with Gasteiger partial charge in [-0.1, -0.05) is 36.8 Å². The van der Waals surface area contributed by atoms with Crippen molar-refractivity contribution in [3.8, 4) is 0 Å². The number of nitrogens with zero attached hydrogens (tertiary/aromatic N) is 1. The number of nitrogens with two attached hydrogens (primary N) is 1. The van der Waals surface area contributed by atoms with Crippen LogP contribution < -0.4 is 5.73 Å². The quantitative estimate of drug-likeness (QED) is 0.863. The second kappa shape index (κ2) is 6.42. The van der Waals surface area contributed by atoms with Crippen molar-refractivity contribution in [2.75, 3.05) is 0 Å². The van der Waals surface area contributed by atoms with Crippen LogP contribution in [-0.4, -0.2) is 29.8 Å². The highest BCUT2D eigenvalue weighted by Gasteiger charge is 2.34. The van der Waals surface area contributed by atoms with Gasteiger partial charge in [0, 0.05) is 17.6 Å². The zero-order chi connectivity index (χ0) is 15.6. The van der Waals surface area contributed by atoms with Crippen molar-refractivity contribution in [2.24, 2.45) is 5.73 Å². The lowest BCUT2D eigenvalue weighted by atomic mass is 10.0. The summed E-state index contributed by atoms with van der Waals surface area (Å²) in [5.41, 5.74) is 7.04. The van der Waals surface area contributed by atoms with Crippen LogP contribution in [0, 0.1) is 0 Å². The molecule has 1 fully saturated rings. The van der Waals surface area contributed by atoms with E-state index in [-0.39, 0.29) is 22.8 Å². The predicted molar refractivity (Wildman–Crippen MR) is 89.6 cm³/mol. The molecule has 0 spiro atoms. The molecule has 6 heteroatoms. The molecule has 1 saturated heterocycles. The van der Waals surface area contributed by atoms with Crippen LogP contribution in [-0.2, 0) is 15.8 Å². The summed E-state index contributed by atoms with van der Waals surface area (Å²) < 4.78 is 27.1. The summed E-state index contributed by atoms with van der Waals surface area (Å²) in [6.45, 7) is 3.97. The molecular formula is C15H22N2O2S2. The van der Waals surface area contributed by atoms with E-state index in [1.807, 2.05) is 13.8 Å². The van der Waals surface area contributed by atoms with Crippen LogP contribution in [0.3, 0.4) is 0 Å². The Kier molecular flexibility index (Phi) is 5.01. The van der Waals surface area contributed by atoms with Crippen LogP contribution in [0.5, 0.6) is 0 Å². The van der Waals surface area contributed by atoms with Crippen molar-refractivity contribution >= 4 is 27.2 Å². The van der Waals surface area contributed by atoms with Gasteiger partial charge in [-0.05, 0) is 38.3 Å². The highest BCUT2D eigenvalue weighted by atomic mass is 32.2. The Morgan fingerprint density at radius 2 is 1.95 bits per heavy atom. The minimum atomic E-state index is -3.33. The van der Waals surface area contributed by atoms with Gasteiger partial charge in [0.15, 0.2) is 0 Å². The van der Waals surface area contributed by atoms with Gasteiger partial charge in [0.2, 0.25) is 10.0 Å². The SMILES string of the molecule is C[C@@H]1CCC[C@H](C)N1S(=O)(=O)Cc1cccc(C(N)=S)c1. The van der Waals surface area contributed by atoms with E-state index in [4.69, 9.17) is 18.0 Å². The number of hydrogen-bond acceptors (Lipinski definition) is 3. The van der Waals surface area contributed by atoms with Gasteiger partial charge in [0.1, 0.15) is 4.99 Å². The second-order valence-corrected chi connectivity index (χ2v) is 8.09. The maximum absolute atomic E-state index is 12.7. The zero-order valence-corrected chi connectivity index (χ0v) is 14.1. The fraction of sp³-hybridized carbons (Fsp3) is 0.533. The third-order valence-corrected chi connectivity index (χ3v) is 6.29. The first-order chi connectivity index (χ1) is 9.81. The fourth-order valence-corrected chi connectivity index (χ4v) is 5.23. The summed E-state index contributed by atoms with van der Waals surface area (Å²) in [5, 5.41) is 0. The smallest absolute Gasteiger partial charge is 0.218 e. The normalized spacial score (nSPS) is 23.9. The van der Waals surface area contributed by atoms with Gasteiger partial charge < -0.3 is 5.73 Å². The number of thiocarbonyl (C=S) groups is 1. The molecule has 21 heavy (non-hydrogen) atoms. The van der Waals surface area contributed by atoms with Gasteiger partial charge in [-0.25, -0.2) is 8.42 Å². The predicted octanol–water partition coefficient (Wildman–Crippen LogP) is 2.41. The molecule has 0 aliphatic carbocycles. The molecule has 0 saturated carbocycles. The molecule has 0 unspecified atom stereocenters. The first-order valence-corrected chi connectivity index (χ1v) is 9.23. The Bertz CT molecular complexity index is 618. The first kappa shape index (κ1) is 16.4. The average molecular weight is 326 g/mol. The van der Waals surface area contributed by atoms with E-state index in [0.717, 1.165) is 24.8 Å². The van der Waals surface area contributed by atoms with Crippen LogP contribution in [0.25, 0.3) is 0 Å². The highest BCUT2D eigenvalue weighted by Crippen LogP contribution is 2.27. The van der Waals surface area contributed by atoms with Gasteiger partial charge in [0.25, 0.3) is 0 Å². The number of piperidine rings is 1.